The molecule has 0 atom stereocenters. The van der Waals surface area contributed by atoms with Gasteiger partial charge in [0, 0.05) is 62.1 Å². The molecule has 0 spiro atoms. The van der Waals surface area contributed by atoms with E-state index in [1.54, 1.807) is 6.20 Å². The molecule has 5 aromatic heterocycles. The van der Waals surface area contributed by atoms with Crippen molar-refractivity contribution in [2.75, 3.05) is 38.1 Å². The van der Waals surface area contributed by atoms with Gasteiger partial charge in [-0.05, 0) is 37.7 Å². The fourth-order valence-corrected chi connectivity index (χ4v) is 4.28. The number of rotatable bonds is 3. The molecule has 0 saturated carbocycles. The lowest BCUT2D eigenvalue weighted by Crippen LogP contribution is -2.44. The highest BCUT2D eigenvalue weighted by atomic mass is 15.3. The first-order chi connectivity index (χ1) is 15.7. The molecular weight excluding hydrogens is 402 g/mol. The van der Waals surface area contributed by atoms with Crippen LogP contribution in [0.15, 0.2) is 43.0 Å². The molecule has 1 fully saturated rings. The van der Waals surface area contributed by atoms with E-state index in [2.05, 4.69) is 60.0 Å². The minimum Gasteiger partial charge on any atom is -0.352 e. The summed E-state index contributed by atoms with van der Waals surface area (Å²) in [5.74, 6) is 1.62. The molecule has 32 heavy (non-hydrogen) atoms. The Balaban J connectivity index is 1.45. The molecule has 0 amide bonds. The van der Waals surface area contributed by atoms with Crippen molar-refractivity contribution in [2.45, 2.75) is 6.92 Å². The number of nitrogens with one attached hydrogen (secondary N) is 2. The van der Waals surface area contributed by atoms with E-state index in [1.807, 2.05) is 30.7 Å². The molecule has 6 heterocycles. The Morgan fingerprint density at radius 3 is 2.72 bits per heavy atom. The molecular formula is C23H23N9. The summed E-state index contributed by atoms with van der Waals surface area (Å²) in [6.45, 7) is 5.98. The monoisotopic (exact) mass is 425 g/mol. The van der Waals surface area contributed by atoms with Crippen LogP contribution in [0.1, 0.15) is 5.56 Å². The second kappa shape index (κ2) is 7.38. The van der Waals surface area contributed by atoms with Crippen LogP contribution in [0.25, 0.3) is 44.7 Å². The number of anilines is 1. The van der Waals surface area contributed by atoms with Gasteiger partial charge in [0.15, 0.2) is 17.3 Å². The van der Waals surface area contributed by atoms with Crippen molar-refractivity contribution in [1.29, 1.82) is 0 Å². The Morgan fingerprint density at radius 1 is 1.00 bits per heavy atom. The number of hydrogen-bond donors (Lipinski definition) is 2. The number of nitrogens with zero attached hydrogens (tertiary/aromatic N) is 7. The van der Waals surface area contributed by atoms with Crippen molar-refractivity contribution < 1.29 is 0 Å². The van der Waals surface area contributed by atoms with Gasteiger partial charge in [-0.25, -0.2) is 15.0 Å². The third kappa shape index (κ3) is 3.09. The maximum Gasteiger partial charge on any atom is 0.159 e. The third-order valence-electron chi connectivity index (χ3n) is 6.18. The van der Waals surface area contributed by atoms with Gasteiger partial charge in [-0.3, -0.25) is 10.1 Å². The molecule has 160 valence electrons. The van der Waals surface area contributed by atoms with E-state index in [0.29, 0.717) is 5.82 Å². The quantitative estimate of drug-likeness (QED) is 0.458. The van der Waals surface area contributed by atoms with Crippen molar-refractivity contribution in [1.82, 2.24) is 40.0 Å². The van der Waals surface area contributed by atoms with Gasteiger partial charge in [0.1, 0.15) is 11.2 Å². The maximum atomic E-state index is 4.92. The number of H-pyrrole nitrogens is 2. The van der Waals surface area contributed by atoms with Crippen molar-refractivity contribution in [3.05, 3.63) is 48.5 Å². The zero-order valence-corrected chi connectivity index (χ0v) is 18.0. The van der Waals surface area contributed by atoms with Crippen molar-refractivity contribution in [3.63, 3.8) is 0 Å². The Bertz CT molecular complexity index is 1430. The molecule has 1 aliphatic rings. The first-order valence-corrected chi connectivity index (χ1v) is 10.7. The number of pyridine rings is 3. The number of likely N-dealkylation sites (N-methyl/N-ethyl adjacent to an activating group) is 1. The fraction of sp³-hybridized carbons (Fsp3) is 0.261. The van der Waals surface area contributed by atoms with Crippen molar-refractivity contribution in [3.8, 4) is 22.6 Å². The lowest BCUT2D eigenvalue weighted by molar-refractivity contribution is 0.312. The molecule has 6 rings (SSSR count). The average molecular weight is 426 g/mol. The SMILES string of the molecule is Cc1ccncc1-c1cnc2[nH]nc(-c3nc4c(N5CCN(C)CC5)nccc4[nH]3)c2c1. The highest BCUT2D eigenvalue weighted by Gasteiger charge is 2.21. The number of fused-ring (bicyclic) bond motifs is 2. The van der Waals surface area contributed by atoms with Crippen LogP contribution in [-0.4, -0.2) is 73.2 Å². The number of piperazine rings is 1. The lowest BCUT2D eigenvalue weighted by atomic mass is 10.0. The predicted molar refractivity (Wildman–Crippen MR) is 124 cm³/mol. The highest BCUT2D eigenvalue weighted by Crippen LogP contribution is 2.31. The summed E-state index contributed by atoms with van der Waals surface area (Å²) < 4.78 is 0. The predicted octanol–water partition coefficient (Wildman–Crippen LogP) is 3.02. The number of hydrogen-bond acceptors (Lipinski definition) is 7. The smallest absolute Gasteiger partial charge is 0.159 e. The van der Waals surface area contributed by atoms with Gasteiger partial charge >= 0.3 is 0 Å². The van der Waals surface area contributed by atoms with E-state index >= 15 is 0 Å². The van der Waals surface area contributed by atoms with E-state index < -0.39 is 0 Å². The molecule has 9 heteroatoms. The summed E-state index contributed by atoms with van der Waals surface area (Å²) in [5, 5.41) is 8.49. The third-order valence-corrected chi connectivity index (χ3v) is 6.18. The van der Waals surface area contributed by atoms with Crippen LogP contribution >= 0.6 is 0 Å². The van der Waals surface area contributed by atoms with Gasteiger partial charge in [0.05, 0.1) is 10.9 Å². The summed E-state index contributed by atoms with van der Waals surface area (Å²) >= 11 is 0. The first kappa shape index (κ1) is 18.9. The minimum atomic E-state index is 0.705. The Kier molecular flexibility index (Phi) is 4.36. The largest absolute Gasteiger partial charge is 0.352 e. The molecule has 5 aromatic rings. The molecule has 2 N–H and O–H groups in total. The summed E-state index contributed by atoms with van der Waals surface area (Å²) in [7, 11) is 2.15. The average Bonchev–Trinajstić information content (AvgIpc) is 3.43. The number of imidazole rings is 1. The van der Waals surface area contributed by atoms with Crippen LogP contribution in [-0.2, 0) is 0 Å². The van der Waals surface area contributed by atoms with Gasteiger partial charge in [-0.1, -0.05) is 0 Å². The van der Waals surface area contributed by atoms with E-state index in [4.69, 9.17) is 4.98 Å². The Hall–Kier alpha value is -3.85. The van der Waals surface area contributed by atoms with Gasteiger partial charge in [0.25, 0.3) is 0 Å². The van der Waals surface area contributed by atoms with Crippen LogP contribution in [0, 0.1) is 6.92 Å². The zero-order valence-electron chi connectivity index (χ0n) is 18.0. The second-order valence-electron chi connectivity index (χ2n) is 8.29. The maximum absolute atomic E-state index is 4.92. The van der Waals surface area contributed by atoms with Crippen LogP contribution in [0.3, 0.4) is 0 Å². The number of aromatic amines is 2. The zero-order chi connectivity index (χ0) is 21.7. The summed E-state index contributed by atoms with van der Waals surface area (Å²) in [4.78, 5) is 26.5. The van der Waals surface area contributed by atoms with Crippen LogP contribution in [0.2, 0.25) is 0 Å². The summed E-state index contributed by atoms with van der Waals surface area (Å²) in [6, 6.07) is 6.06. The second-order valence-corrected chi connectivity index (χ2v) is 8.29. The topological polar surface area (TPSA) is 103 Å². The molecule has 1 aliphatic heterocycles. The lowest BCUT2D eigenvalue weighted by Gasteiger charge is -2.33. The molecule has 0 radical (unpaired) electrons. The van der Waals surface area contributed by atoms with E-state index in [-0.39, 0.29) is 0 Å². The normalized spacial score (nSPS) is 15.1. The van der Waals surface area contributed by atoms with Crippen LogP contribution < -0.4 is 4.90 Å². The minimum absolute atomic E-state index is 0.705. The molecule has 0 unspecified atom stereocenters. The fourth-order valence-electron chi connectivity index (χ4n) is 4.28. The van der Waals surface area contributed by atoms with Gasteiger partial charge in [-0.15, -0.1) is 0 Å². The van der Waals surface area contributed by atoms with Gasteiger partial charge in [0.2, 0.25) is 0 Å². The summed E-state index contributed by atoms with van der Waals surface area (Å²) in [5.41, 5.74) is 6.50. The molecule has 0 bridgehead atoms. The van der Waals surface area contributed by atoms with Crippen LogP contribution in [0.5, 0.6) is 0 Å². The number of aryl methyl sites for hydroxylation is 1. The van der Waals surface area contributed by atoms with E-state index in [9.17, 15) is 0 Å². The summed E-state index contributed by atoms with van der Waals surface area (Å²) in [6.07, 6.45) is 7.36. The molecule has 0 aromatic carbocycles. The van der Waals surface area contributed by atoms with Gasteiger partial charge < -0.3 is 14.8 Å². The number of aromatic nitrogens is 7. The van der Waals surface area contributed by atoms with E-state index in [0.717, 1.165) is 76.4 Å². The molecule has 1 saturated heterocycles. The van der Waals surface area contributed by atoms with Gasteiger partial charge in [-0.2, -0.15) is 5.10 Å². The first-order valence-electron chi connectivity index (χ1n) is 10.7. The van der Waals surface area contributed by atoms with Crippen LogP contribution in [0.4, 0.5) is 5.82 Å². The van der Waals surface area contributed by atoms with Crippen molar-refractivity contribution >= 4 is 27.9 Å². The Labute approximate surface area is 184 Å². The van der Waals surface area contributed by atoms with E-state index in [1.165, 1.54) is 0 Å². The molecule has 9 nitrogen and oxygen atoms in total. The standard InChI is InChI=1S/C23H23N9/c1-14-3-5-24-13-17(14)15-11-16-19(29-30-21(16)26-12-15)22-27-18-4-6-25-23(20(18)28-22)32-9-7-31(2)8-10-32/h3-6,11-13H,7-10H2,1-2H3,(H,27,28)(H,26,29,30). The Morgan fingerprint density at radius 2 is 1.88 bits per heavy atom. The van der Waals surface area contributed by atoms with Crippen molar-refractivity contribution in [2.24, 2.45) is 0 Å². The molecule has 0 aliphatic carbocycles. The highest BCUT2D eigenvalue weighted by molar-refractivity contribution is 5.95.